The van der Waals surface area contributed by atoms with Crippen molar-refractivity contribution in [2.75, 3.05) is 0 Å². The number of hydrogen-bond acceptors (Lipinski definition) is 4. The van der Waals surface area contributed by atoms with Crippen LogP contribution >= 0.6 is 0 Å². The molecular formula is C27H28N4O2S. The van der Waals surface area contributed by atoms with Crippen LogP contribution in [0.3, 0.4) is 0 Å². The highest BCUT2D eigenvalue weighted by molar-refractivity contribution is 7.89. The molecule has 7 heteroatoms. The molecule has 174 valence electrons. The minimum absolute atomic E-state index is 0.181. The lowest BCUT2D eigenvalue weighted by Gasteiger charge is -2.07. The van der Waals surface area contributed by atoms with Crippen LogP contribution in [0.15, 0.2) is 101 Å². The van der Waals surface area contributed by atoms with Crippen molar-refractivity contribution in [1.82, 2.24) is 14.6 Å². The molecule has 0 aliphatic carbocycles. The monoisotopic (exact) mass is 472 g/mol. The smallest absolute Gasteiger partial charge is 0.267 e. The lowest BCUT2D eigenvalue weighted by Crippen LogP contribution is -2.18. The van der Waals surface area contributed by atoms with Crippen molar-refractivity contribution in [3.8, 4) is 11.3 Å². The van der Waals surface area contributed by atoms with Crippen LogP contribution in [0.2, 0.25) is 0 Å². The van der Waals surface area contributed by atoms with Crippen LogP contribution in [0.1, 0.15) is 30.5 Å². The summed E-state index contributed by atoms with van der Waals surface area (Å²) < 4.78 is 27.3. The van der Waals surface area contributed by atoms with Crippen molar-refractivity contribution in [2.24, 2.45) is 11.0 Å². The fourth-order valence-corrected chi connectivity index (χ4v) is 4.49. The van der Waals surface area contributed by atoms with Crippen LogP contribution in [0.5, 0.6) is 0 Å². The van der Waals surface area contributed by atoms with E-state index in [0.29, 0.717) is 12.5 Å². The van der Waals surface area contributed by atoms with Gasteiger partial charge in [-0.05, 0) is 35.6 Å². The van der Waals surface area contributed by atoms with Gasteiger partial charge in [-0.25, -0.2) is 4.83 Å². The van der Waals surface area contributed by atoms with E-state index in [9.17, 15) is 8.42 Å². The number of hydrogen-bond donors (Lipinski definition) is 1. The fraction of sp³-hybridized carbons (Fsp3) is 0.185. The summed E-state index contributed by atoms with van der Waals surface area (Å²) >= 11 is 0. The summed E-state index contributed by atoms with van der Waals surface area (Å²) in [5.41, 5.74) is 4.61. The van der Waals surface area contributed by atoms with E-state index in [1.54, 1.807) is 12.1 Å². The lowest BCUT2D eigenvalue weighted by atomic mass is 10.0. The molecule has 0 amide bonds. The molecule has 0 atom stereocenters. The van der Waals surface area contributed by atoms with Crippen LogP contribution < -0.4 is 4.83 Å². The maximum absolute atomic E-state index is 12.7. The van der Waals surface area contributed by atoms with Crippen LogP contribution in [0, 0.1) is 5.92 Å². The standard InChI is InChI=1S/C27H28N4O2S/c1-21(2)17-22-13-15-26(16-14-22)34(32,33)30-28-18-25-20-31(19-23-9-5-3-6-10-23)29-27(25)24-11-7-4-8-12-24/h3-16,18,20-21,30H,17,19H2,1-2H3. The first-order valence-corrected chi connectivity index (χ1v) is 12.7. The maximum Gasteiger partial charge on any atom is 0.276 e. The van der Waals surface area contributed by atoms with Gasteiger partial charge in [0, 0.05) is 17.3 Å². The third-order valence-electron chi connectivity index (χ3n) is 5.28. The van der Waals surface area contributed by atoms with Gasteiger partial charge in [-0.15, -0.1) is 0 Å². The van der Waals surface area contributed by atoms with E-state index in [4.69, 9.17) is 5.10 Å². The summed E-state index contributed by atoms with van der Waals surface area (Å²) in [5.74, 6) is 0.506. The van der Waals surface area contributed by atoms with Crippen molar-refractivity contribution < 1.29 is 8.42 Å². The minimum atomic E-state index is -3.77. The van der Waals surface area contributed by atoms with Gasteiger partial charge in [-0.2, -0.15) is 18.6 Å². The average Bonchev–Trinajstić information content (AvgIpc) is 3.22. The predicted molar refractivity (Wildman–Crippen MR) is 136 cm³/mol. The highest BCUT2D eigenvalue weighted by atomic mass is 32.2. The van der Waals surface area contributed by atoms with E-state index in [0.717, 1.165) is 34.4 Å². The summed E-state index contributed by atoms with van der Waals surface area (Å²) in [7, 11) is -3.77. The van der Waals surface area contributed by atoms with E-state index < -0.39 is 10.0 Å². The van der Waals surface area contributed by atoms with Gasteiger partial charge in [0.1, 0.15) is 5.69 Å². The Labute approximate surface area is 201 Å². The van der Waals surface area contributed by atoms with Crippen LogP contribution in [0.25, 0.3) is 11.3 Å². The highest BCUT2D eigenvalue weighted by Gasteiger charge is 2.14. The molecule has 4 aromatic rings. The maximum atomic E-state index is 12.7. The first kappa shape index (κ1) is 23.4. The van der Waals surface area contributed by atoms with E-state index in [1.807, 2.05) is 83.7 Å². The quantitative estimate of drug-likeness (QED) is 0.272. The Morgan fingerprint density at radius 1 is 0.912 bits per heavy atom. The second-order valence-electron chi connectivity index (χ2n) is 8.58. The Morgan fingerprint density at radius 3 is 2.21 bits per heavy atom. The topological polar surface area (TPSA) is 76.3 Å². The molecule has 0 saturated heterocycles. The van der Waals surface area contributed by atoms with Gasteiger partial charge in [0.25, 0.3) is 10.0 Å². The van der Waals surface area contributed by atoms with Gasteiger partial charge in [0.05, 0.1) is 17.7 Å². The molecule has 0 aliphatic heterocycles. The normalized spacial score (nSPS) is 11.9. The number of rotatable bonds is 9. The number of aromatic nitrogens is 2. The SMILES string of the molecule is CC(C)Cc1ccc(S(=O)(=O)NN=Cc2cn(Cc3ccccc3)nc2-c2ccccc2)cc1. The van der Waals surface area contributed by atoms with Crippen molar-refractivity contribution in [1.29, 1.82) is 0 Å². The number of benzene rings is 3. The van der Waals surface area contributed by atoms with Gasteiger partial charge in [0.15, 0.2) is 0 Å². The minimum Gasteiger partial charge on any atom is -0.267 e. The van der Waals surface area contributed by atoms with Crippen molar-refractivity contribution >= 4 is 16.2 Å². The van der Waals surface area contributed by atoms with E-state index in [2.05, 4.69) is 23.8 Å². The molecule has 0 aliphatic rings. The zero-order valence-electron chi connectivity index (χ0n) is 19.3. The number of nitrogens with zero attached hydrogens (tertiary/aromatic N) is 3. The van der Waals surface area contributed by atoms with Crippen molar-refractivity contribution in [3.63, 3.8) is 0 Å². The van der Waals surface area contributed by atoms with Crippen LogP contribution in [0.4, 0.5) is 0 Å². The Morgan fingerprint density at radius 2 is 1.56 bits per heavy atom. The van der Waals surface area contributed by atoms with E-state index in [1.165, 1.54) is 6.21 Å². The van der Waals surface area contributed by atoms with Gasteiger partial charge in [-0.3, -0.25) is 4.68 Å². The molecule has 0 saturated carbocycles. The first-order valence-electron chi connectivity index (χ1n) is 11.2. The van der Waals surface area contributed by atoms with Gasteiger partial charge in [0.2, 0.25) is 0 Å². The number of sulfonamides is 1. The third kappa shape index (κ3) is 5.99. The molecule has 0 radical (unpaired) electrons. The summed E-state index contributed by atoms with van der Waals surface area (Å²) in [6.07, 6.45) is 4.27. The second kappa shape index (κ2) is 10.5. The summed E-state index contributed by atoms with van der Waals surface area (Å²) in [5, 5.41) is 8.78. The lowest BCUT2D eigenvalue weighted by molar-refractivity contribution is 0.584. The molecule has 1 aromatic heterocycles. The summed E-state index contributed by atoms with van der Waals surface area (Å²) in [4.78, 5) is 2.51. The van der Waals surface area contributed by atoms with Gasteiger partial charge >= 0.3 is 0 Å². The molecule has 0 bridgehead atoms. The van der Waals surface area contributed by atoms with Gasteiger partial charge < -0.3 is 0 Å². The molecule has 0 spiro atoms. The van der Waals surface area contributed by atoms with Crippen LogP contribution in [-0.2, 0) is 23.0 Å². The van der Waals surface area contributed by atoms with Crippen LogP contribution in [-0.4, -0.2) is 24.4 Å². The second-order valence-corrected chi connectivity index (χ2v) is 10.2. The van der Waals surface area contributed by atoms with Crippen molar-refractivity contribution in [2.45, 2.75) is 31.7 Å². The number of nitrogens with one attached hydrogen (secondary N) is 1. The molecule has 34 heavy (non-hydrogen) atoms. The molecule has 1 heterocycles. The molecule has 0 fully saturated rings. The predicted octanol–water partition coefficient (Wildman–Crippen LogP) is 5.11. The first-order chi connectivity index (χ1) is 16.4. The average molecular weight is 473 g/mol. The Kier molecular flexibility index (Phi) is 7.23. The molecule has 3 aromatic carbocycles. The molecule has 4 rings (SSSR count). The fourth-order valence-electron chi connectivity index (χ4n) is 3.70. The Bertz CT molecular complexity index is 1350. The number of hydrazone groups is 1. The highest BCUT2D eigenvalue weighted by Crippen LogP contribution is 2.21. The molecule has 6 nitrogen and oxygen atoms in total. The third-order valence-corrected chi connectivity index (χ3v) is 6.52. The zero-order chi connectivity index (χ0) is 24.0. The summed E-state index contributed by atoms with van der Waals surface area (Å²) in [6, 6.07) is 26.7. The van der Waals surface area contributed by atoms with Crippen molar-refractivity contribution in [3.05, 3.63) is 108 Å². The van der Waals surface area contributed by atoms with E-state index >= 15 is 0 Å². The van der Waals surface area contributed by atoms with Gasteiger partial charge in [-0.1, -0.05) is 86.6 Å². The molecule has 0 unspecified atom stereocenters. The summed E-state index contributed by atoms with van der Waals surface area (Å²) in [6.45, 7) is 4.86. The van der Waals surface area contributed by atoms with E-state index in [-0.39, 0.29) is 4.90 Å². The zero-order valence-corrected chi connectivity index (χ0v) is 20.1. The Hall–Kier alpha value is -3.71. The molecule has 1 N–H and O–H groups in total. The largest absolute Gasteiger partial charge is 0.276 e. The Balaban J connectivity index is 1.55. The molecular weight excluding hydrogens is 444 g/mol.